The summed E-state index contributed by atoms with van der Waals surface area (Å²) in [5.41, 5.74) is 7.51. The highest BCUT2D eigenvalue weighted by Gasteiger charge is 2.35. The molecular formula is C30H34N2O2. The number of amides is 1. The summed E-state index contributed by atoms with van der Waals surface area (Å²) in [7, 11) is 0. The Labute approximate surface area is 202 Å². The molecule has 0 saturated carbocycles. The first-order valence-corrected chi connectivity index (χ1v) is 12.7. The lowest BCUT2D eigenvalue weighted by atomic mass is 9.76. The van der Waals surface area contributed by atoms with Crippen LogP contribution in [0.15, 0.2) is 72.8 Å². The van der Waals surface area contributed by atoms with Gasteiger partial charge in [0.25, 0.3) is 0 Å². The molecule has 1 amide bonds. The summed E-state index contributed by atoms with van der Waals surface area (Å²) in [6.07, 6.45) is 4.88. The van der Waals surface area contributed by atoms with Crippen LogP contribution in [0.4, 0.5) is 16.2 Å². The molecule has 0 saturated heterocycles. The van der Waals surface area contributed by atoms with E-state index in [1.807, 2.05) is 0 Å². The maximum Gasteiger partial charge on any atom is 0.411 e. The predicted molar refractivity (Wildman–Crippen MR) is 139 cm³/mol. The van der Waals surface area contributed by atoms with Crippen LogP contribution in [0, 0.1) is 0 Å². The summed E-state index contributed by atoms with van der Waals surface area (Å²) >= 11 is 0. The maximum absolute atomic E-state index is 12.6. The van der Waals surface area contributed by atoms with Crippen LogP contribution in [0.25, 0.3) is 0 Å². The van der Waals surface area contributed by atoms with Gasteiger partial charge in [0.05, 0.1) is 6.61 Å². The Morgan fingerprint density at radius 1 is 0.882 bits per heavy atom. The molecule has 2 aliphatic rings. The van der Waals surface area contributed by atoms with Gasteiger partial charge < -0.3 is 9.64 Å². The molecule has 2 atom stereocenters. The summed E-state index contributed by atoms with van der Waals surface area (Å²) < 4.78 is 5.46. The normalized spacial score (nSPS) is 18.8. The van der Waals surface area contributed by atoms with Crippen molar-refractivity contribution in [2.24, 2.45) is 0 Å². The van der Waals surface area contributed by atoms with Crippen molar-refractivity contribution in [3.05, 3.63) is 95.1 Å². The number of unbranched alkanes of at least 4 members (excludes halogenated alkanes) is 2. The van der Waals surface area contributed by atoms with Crippen molar-refractivity contribution in [2.75, 3.05) is 29.9 Å². The second-order valence-electron chi connectivity index (χ2n) is 9.46. The fourth-order valence-electron chi connectivity index (χ4n) is 5.60. The number of carbonyl (C=O) groups excluding carboxylic acids is 1. The van der Waals surface area contributed by atoms with Gasteiger partial charge in [-0.25, -0.2) is 4.79 Å². The molecule has 0 fully saturated rings. The SMILES string of the molecule is CCCCCOC(=O)Nc1cc2c3c(c1)C(c1ccccc1)CCN3CCC2c1ccccc1. The molecule has 2 aliphatic heterocycles. The highest BCUT2D eigenvalue weighted by Crippen LogP contribution is 2.49. The third-order valence-electron chi connectivity index (χ3n) is 7.24. The smallest absolute Gasteiger partial charge is 0.411 e. The number of ether oxygens (including phenoxy) is 1. The Bertz CT molecular complexity index is 1040. The van der Waals surface area contributed by atoms with Crippen LogP contribution in [0.1, 0.15) is 73.1 Å². The van der Waals surface area contributed by atoms with Crippen LogP contribution in [-0.4, -0.2) is 25.8 Å². The predicted octanol–water partition coefficient (Wildman–Crippen LogP) is 7.30. The van der Waals surface area contributed by atoms with Crippen LogP contribution in [0.5, 0.6) is 0 Å². The topological polar surface area (TPSA) is 41.6 Å². The number of anilines is 2. The highest BCUT2D eigenvalue weighted by atomic mass is 16.5. The Balaban J connectivity index is 1.53. The second-order valence-corrected chi connectivity index (χ2v) is 9.46. The molecule has 2 unspecified atom stereocenters. The molecular weight excluding hydrogens is 420 g/mol. The molecule has 0 aliphatic carbocycles. The molecule has 4 heteroatoms. The van der Waals surface area contributed by atoms with Crippen molar-refractivity contribution >= 4 is 17.5 Å². The molecule has 0 bridgehead atoms. The molecule has 1 N–H and O–H groups in total. The van der Waals surface area contributed by atoms with Gasteiger partial charge in [0.15, 0.2) is 0 Å². The third-order valence-corrected chi connectivity index (χ3v) is 7.24. The first-order valence-electron chi connectivity index (χ1n) is 12.7. The number of benzene rings is 3. The van der Waals surface area contributed by atoms with Crippen LogP contribution < -0.4 is 10.2 Å². The Hall–Kier alpha value is -3.27. The van der Waals surface area contributed by atoms with E-state index in [1.54, 1.807) is 0 Å². The van der Waals surface area contributed by atoms with Crippen molar-refractivity contribution in [2.45, 2.75) is 50.9 Å². The minimum Gasteiger partial charge on any atom is -0.449 e. The fraction of sp³-hybridized carbons (Fsp3) is 0.367. The lowest BCUT2D eigenvalue weighted by Gasteiger charge is -2.43. The number of hydrogen-bond donors (Lipinski definition) is 1. The number of hydrogen-bond acceptors (Lipinski definition) is 3. The molecule has 2 heterocycles. The van der Waals surface area contributed by atoms with Gasteiger partial charge in [-0.1, -0.05) is 80.4 Å². The van der Waals surface area contributed by atoms with E-state index >= 15 is 0 Å². The lowest BCUT2D eigenvalue weighted by Crippen LogP contribution is -2.37. The summed E-state index contributed by atoms with van der Waals surface area (Å²) in [6, 6.07) is 25.9. The van der Waals surface area contributed by atoms with Crippen molar-refractivity contribution in [1.29, 1.82) is 0 Å². The summed E-state index contributed by atoms with van der Waals surface area (Å²) in [5.74, 6) is 0.645. The van der Waals surface area contributed by atoms with Crippen molar-refractivity contribution in [3.63, 3.8) is 0 Å². The molecule has 0 radical (unpaired) electrons. The molecule has 176 valence electrons. The van der Waals surface area contributed by atoms with E-state index in [9.17, 15) is 4.79 Å². The van der Waals surface area contributed by atoms with Gasteiger partial charge in [-0.15, -0.1) is 0 Å². The largest absolute Gasteiger partial charge is 0.449 e. The summed E-state index contributed by atoms with van der Waals surface area (Å²) in [6.45, 7) is 4.74. The van der Waals surface area contributed by atoms with Gasteiger partial charge in [-0.2, -0.15) is 0 Å². The van der Waals surface area contributed by atoms with E-state index < -0.39 is 0 Å². The molecule has 0 spiro atoms. The van der Waals surface area contributed by atoms with Crippen LogP contribution >= 0.6 is 0 Å². The molecule has 4 nitrogen and oxygen atoms in total. The third kappa shape index (κ3) is 4.68. The Morgan fingerprint density at radius 2 is 1.44 bits per heavy atom. The monoisotopic (exact) mass is 454 g/mol. The van der Waals surface area contributed by atoms with Crippen LogP contribution in [-0.2, 0) is 4.74 Å². The number of nitrogens with zero attached hydrogens (tertiary/aromatic N) is 1. The van der Waals surface area contributed by atoms with Crippen molar-refractivity contribution < 1.29 is 9.53 Å². The average molecular weight is 455 g/mol. The zero-order valence-corrected chi connectivity index (χ0v) is 20.0. The van der Waals surface area contributed by atoms with Crippen LogP contribution in [0.3, 0.4) is 0 Å². The summed E-state index contributed by atoms with van der Waals surface area (Å²) in [4.78, 5) is 15.1. The molecule has 5 rings (SSSR count). The van der Waals surface area contributed by atoms with E-state index in [0.717, 1.165) is 50.9 Å². The minimum absolute atomic E-state index is 0.322. The first kappa shape index (κ1) is 22.5. The van der Waals surface area contributed by atoms with Crippen molar-refractivity contribution in [3.8, 4) is 0 Å². The van der Waals surface area contributed by atoms with E-state index in [2.05, 4.69) is 89.9 Å². The standard InChI is InChI=1S/C30H34N2O2/c1-2-3-10-19-34-30(33)31-24-20-27-25(22-11-6-4-7-12-22)15-17-32-18-16-26(28(21-24)29(27)32)23-13-8-5-9-14-23/h4-9,11-14,20-21,25-26H,2-3,10,15-19H2,1H3,(H,31,33). The van der Waals surface area contributed by atoms with Gasteiger partial charge in [0, 0.05) is 36.3 Å². The van der Waals surface area contributed by atoms with Crippen LogP contribution in [0.2, 0.25) is 0 Å². The van der Waals surface area contributed by atoms with Crippen molar-refractivity contribution in [1.82, 2.24) is 0 Å². The molecule has 34 heavy (non-hydrogen) atoms. The van der Waals surface area contributed by atoms with Gasteiger partial charge in [0.1, 0.15) is 0 Å². The minimum atomic E-state index is -0.362. The molecule has 3 aromatic rings. The average Bonchev–Trinajstić information content (AvgIpc) is 2.88. The number of nitrogens with one attached hydrogen (secondary N) is 1. The Kier molecular flexibility index (Phi) is 6.84. The van der Waals surface area contributed by atoms with Gasteiger partial charge in [0.2, 0.25) is 0 Å². The van der Waals surface area contributed by atoms with Gasteiger partial charge in [-0.05, 0) is 53.6 Å². The summed E-state index contributed by atoms with van der Waals surface area (Å²) in [5, 5.41) is 3.05. The van der Waals surface area contributed by atoms with E-state index in [-0.39, 0.29) is 6.09 Å². The second kappa shape index (κ2) is 10.3. The number of rotatable bonds is 7. The van der Waals surface area contributed by atoms with E-state index in [0.29, 0.717) is 18.4 Å². The molecule has 0 aromatic heterocycles. The molecule has 3 aromatic carbocycles. The maximum atomic E-state index is 12.6. The highest BCUT2D eigenvalue weighted by molar-refractivity contribution is 5.86. The fourth-order valence-corrected chi connectivity index (χ4v) is 5.60. The zero-order valence-electron chi connectivity index (χ0n) is 20.0. The zero-order chi connectivity index (χ0) is 23.3. The van der Waals surface area contributed by atoms with E-state index in [1.165, 1.54) is 27.9 Å². The first-order chi connectivity index (χ1) is 16.7. The quantitative estimate of drug-likeness (QED) is 0.381. The van der Waals surface area contributed by atoms with Gasteiger partial charge in [-0.3, -0.25) is 5.32 Å². The lowest BCUT2D eigenvalue weighted by molar-refractivity contribution is 0.159. The Morgan fingerprint density at radius 3 is 1.97 bits per heavy atom. The van der Waals surface area contributed by atoms with E-state index in [4.69, 9.17) is 4.74 Å². The number of carbonyl (C=O) groups is 1. The van der Waals surface area contributed by atoms with Gasteiger partial charge >= 0.3 is 6.09 Å².